The highest BCUT2D eigenvalue weighted by molar-refractivity contribution is 7.92. The molecule has 8 nitrogen and oxygen atoms in total. The van der Waals surface area contributed by atoms with Gasteiger partial charge in [0, 0.05) is 30.8 Å². The van der Waals surface area contributed by atoms with Crippen molar-refractivity contribution in [2.24, 2.45) is 5.10 Å². The number of hydrogen-bond acceptors (Lipinski definition) is 5. The molecular weight excluding hydrogens is 414 g/mol. The molecule has 9 heteroatoms. The van der Waals surface area contributed by atoms with Gasteiger partial charge in [0.2, 0.25) is 15.9 Å². The number of rotatable bonds is 5. The molecule has 1 amide bonds. The minimum absolute atomic E-state index is 0.169. The van der Waals surface area contributed by atoms with Crippen LogP contribution < -0.4 is 4.72 Å². The normalized spacial score (nSPS) is 16.3. The number of aryl methyl sites for hydroxylation is 1. The van der Waals surface area contributed by atoms with E-state index >= 15 is 0 Å². The van der Waals surface area contributed by atoms with Crippen LogP contribution in [0, 0.1) is 6.92 Å². The predicted octanol–water partition coefficient (Wildman–Crippen LogP) is 3.25. The number of anilines is 1. The Hall–Kier alpha value is -3.46. The van der Waals surface area contributed by atoms with Crippen LogP contribution in [-0.2, 0) is 14.8 Å². The molecule has 0 bridgehead atoms. The third-order valence-corrected chi connectivity index (χ3v) is 5.66. The summed E-state index contributed by atoms with van der Waals surface area (Å²) in [5.74, 6) is -0.169. The van der Waals surface area contributed by atoms with Crippen LogP contribution in [0.25, 0.3) is 5.69 Å². The molecule has 0 spiro atoms. The third-order valence-electron chi connectivity index (χ3n) is 5.05. The van der Waals surface area contributed by atoms with E-state index in [0.717, 1.165) is 28.8 Å². The molecule has 0 saturated heterocycles. The van der Waals surface area contributed by atoms with Crippen molar-refractivity contribution < 1.29 is 13.2 Å². The molecule has 1 aromatic heterocycles. The zero-order chi connectivity index (χ0) is 22.2. The van der Waals surface area contributed by atoms with Gasteiger partial charge in [0.25, 0.3) is 0 Å². The molecule has 4 rings (SSSR count). The van der Waals surface area contributed by atoms with Gasteiger partial charge in [0.05, 0.1) is 29.4 Å². The Kier molecular flexibility index (Phi) is 5.36. The Morgan fingerprint density at radius 3 is 2.55 bits per heavy atom. The van der Waals surface area contributed by atoms with Crippen LogP contribution in [-0.4, -0.2) is 41.1 Å². The Balaban J connectivity index is 1.66. The van der Waals surface area contributed by atoms with E-state index in [9.17, 15) is 13.2 Å². The maximum Gasteiger partial charge on any atom is 0.240 e. The van der Waals surface area contributed by atoms with E-state index in [2.05, 4.69) is 14.9 Å². The summed E-state index contributed by atoms with van der Waals surface area (Å²) in [5, 5.41) is 10.7. The molecule has 0 radical (unpaired) electrons. The summed E-state index contributed by atoms with van der Waals surface area (Å²) >= 11 is 0. The average Bonchev–Trinajstić information content (AvgIpc) is 3.31. The standard InChI is InChI=1S/C22H23N5O3S/c1-15-20(14-26(23-15)19-10-5-4-6-11-19)22-13-21(24-27(22)16(2)28)17-8-7-9-18(12-17)25-31(3,29)30/h4-12,14,22,25H,13H2,1-3H3. The number of hydrazone groups is 1. The van der Waals surface area contributed by atoms with Gasteiger partial charge in [0.15, 0.2) is 0 Å². The first-order valence-electron chi connectivity index (χ1n) is 9.78. The van der Waals surface area contributed by atoms with Crippen molar-refractivity contribution in [1.82, 2.24) is 14.8 Å². The van der Waals surface area contributed by atoms with Crippen LogP contribution in [0.4, 0.5) is 5.69 Å². The summed E-state index contributed by atoms with van der Waals surface area (Å²) in [5.41, 5.74) is 4.60. The van der Waals surface area contributed by atoms with E-state index in [1.807, 2.05) is 49.5 Å². The minimum atomic E-state index is -3.39. The van der Waals surface area contributed by atoms with E-state index < -0.39 is 10.0 Å². The summed E-state index contributed by atoms with van der Waals surface area (Å²) in [7, 11) is -3.39. The number of nitrogens with one attached hydrogen (secondary N) is 1. The van der Waals surface area contributed by atoms with Crippen molar-refractivity contribution in [3.05, 3.63) is 77.6 Å². The summed E-state index contributed by atoms with van der Waals surface area (Å²) < 4.78 is 27.4. The largest absolute Gasteiger partial charge is 0.284 e. The molecule has 1 aliphatic rings. The van der Waals surface area contributed by atoms with Gasteiger partial charge in [-0.25, -0.2) is 18.1 Å². The second kappa shape index (κ2) is 7.99. The quantitative estimate of drug-likeness (QED) is 0.663. The first kappa shape index (κ1) is 20.8. The monoisotopic (exact) mass is 437 g/mol. The number of aromatic nitrogens is 2. The van der Waals surface area contributed by atoms with Crippen LogP contribution in [0.3, 0.4) is 0 Å². The van der Waals surface area contributed by atoms with Crippen LogP contribution in [0.1, 0.15) is 36.2 Å². The van der Waals surface area contributed by atoms with E-state index in [4.69, 9.17) is 0 Å². The lowest BCUT2D eigenvalue weighted by Crippen LogP contribution is -2.24. The topological polar surface area (TPSA) is 96.7 Å². The SMILES string of the molecule is CC(=O)N1N=C(c2cccc(NS(C)(=O)=O)c2)CC1c1cn(-c2ccccc2)nc1C. The highest BCUT2D eigenvalue weighted by Gasteiger charge is 2.33. The van der Waals surface area contributed by atoms with Crippen molar-refractivity contribution in [1.29, 1.82) is 0 Å². The van der Waals surface area contributed by atoms with Crippen LogP contribution in [0.15, 0.2) is 65.9 Å². The number of carbonyl (C=O) groups is 1. The van der Waals surface area contributed by atoms with Gasteiger partial charge in [0.1, 0.15) is 0 Å². The van der Waals surface area contributed by atoms with Gasteiger partial charge in [-0.2, -0.15) is 10.2 Å². The fourth-order valence-electron chi connectivity index (χ4n) is 3.71. The summed E-state index contributed by atoms with van der Waals surface area (Å²) in [6.07, 6.45) is 3.54. The molecule has 160 valence electrons. The zero-order valence-electron chi connectivity index (χ0n) is 17.5. The van der Waals surface area contributed by atoms with Crippen molar-refractivity contribution >= 4 is 27.3 Å². The van der Waals surface area contributed by atoms with Gasteiger partial charge < -0.3 is 0 Å². The highest BCUT2D eigenvalue weighted by atomic mass is 32.2. The second-order valence-corrected chi connectivity index (χ2v) is 9.28. The molecule has 1 N–H and O–H groups in total. The van der Waals surface area contributed by atoms with Gasteiger partial charge in [-0.15, -0.1) is 0 Å². The molecule has 2 aromatic carbocycles. The van der Waals surface area contributed by atoms with Gasteiger partial charge >= 0.3 is 0 Å². The number of sulfonamides is 1. The van der Waals surface area contributed by atoms with E-state index in [-0.39, 0.29) is 11.9 Å². The summed E-state index contributed by atoms with van der Waals surface area (Å²) in [6, 6.07) is 16.5. The number of nitrogens with zero attached hydrogens (tertiary/aromatic N) is 4. The van der Waals surface area contributed by atoms with Crippen LogP contribution in [0.5, 0.6) is 0 Å². The summed E-state index contributed by atoms with van der Waals surface area (Å²) in [4.78, 5) is 12.3. The van der Waals surface area contributed by atoms with Crippen molar-refractivity contribution in [2.45, 2.75) is 26.3 Å². The first-order chi connectivity index (χ1) is 14.7. The molecule has 0 fully saturated rings. The molecule has 31 heavy (non-hydrogen) atoms. The van der Waals surface area contributed by atoms with Gasteiger partial charge in [-0.05, 0) is 36.8 Å². The number of para-hydroxylation sites is 1. The lowest BCUT2D eigenvalue weighted by molar-refractivity contribution is -0.130. The maximum absolute atomic E-state index is 12.3. The maximum atomic E-state index is 12.3. The Bertz CT molecular complexity index is 1270. The molecule has 0 saturated carbocycles. The van der Waals surface area contributed by atoms with Crippen molar-refractivity contribution in [3.63, 3.8) is 0 Å². The summed E-state index contributed by atoms with van der Waals surface area (Å²) in [6.45, 7) is 3.40. The number of hydrogen-bond donors (Lipinski definition) is 1. The smallest absolute Gasteiger partial charge is 0.240 e. The van der Waals surface area contributed by atoms with Crippen molar-refractivity contribution in [3.8, 4) is 5.69 Å². The molecule has 1 aliphatic heterocycles. The lowest BCUT2D eigenvalue weighted by atomic mass is 9.99. The highest BCUT2D eigenvalue weighted by Crippen LogP contribution is 2.35. The van der Waals surface area contributed by atoms with Gasteiger partial charge in [-0.1, -0.05) is 30.3 Å². The van der Waals surface area contributed by atoms with E-state index in [1.54, 1.807) is 22.9 Å². The number of carbonyl (C=O) groups excluding carboxylic acids is 1. The lowest BCUT2D eigenvalue weighted by Gasteiger charge is -2.19. The Morgan fingerprint density at radius 1 is 1.13 bits per heavy atom. The van der Waals surface area contributed by atoms with Gasteiger partial charge in [-0.3, -0.25) is 9.52 Å². The fourth-order valence-corrected chi connectivity index (χ4v) is 4.26. The molecule has 1 unspecified atom stereocenters. The zero-order valence-corrected chi connectivity index (χ0v) is 18.3. The number of benzene rings is 2. The van der Waals surface area contributed by atoms with E-state index in [0.29, 0.717) is 17.8 Å². The van der Waals surface area contributed by atoms with Crippen molar-refractivity contribution in [2.75, 3.05) is 11.0 Å². The van der Waals surface area contributed by atoms with E-state index in [1.165, 1.54) is 11.9 Å². The first-order valence-corrected chi connectivity index (χ1v) is 11.7. The third kappa shape index (κ3) is 4.51. The van der Waals surface area contributed by atoms with Crippen LogP contribution >= 0.6 is 0 Å². The second-order valence-electron chi connectivity index (χ2n) is 7.54. The predicted molar refractivity (Wildman–Crippen MR) is 120 cm³/mol. The average molecular weight is 438 g/mol. The molecule has 0 aliphatic carbocycles. The molecular formula is C22H23N5O3S. The fraction of sp³-hybridized carbons (Fsp3) is 0.227. The van der Waals surface area contributed by atoms with Crippen LogP contribution in [0.2, 0.25) is 0 Å². The Morgan fingerprint density at radius 2 is 1.87 bits per heavy atom. The molecule has 2 heterocycles. The molecule has 3 aromatic rings. The minimum Gasteiger partial charge on any atom is -0.284 e. The Labute approximate surface area is 181 Å². The molecule has 1 atom stereocenters. The number of amides is 1.